The minimum atomic E-state index is -0.945. The van der Waals surface area contributed by atoms with Gasteiger partial charge in [-0.15, -0.1) is 0 Å². The number of nitrogens with zero attached hydrogens (tertiary/aromatic N) is 3. The zero-order chi connectivity index (χ0) is 44.9. The zero-order valence-corrected chi connectivity index (χ0v) is 37.1. The van der Waals surface area contributed by atoms with Crippen molar-refractivity contribution >= 4 is 46.7 Å². The summed E-state index contributed by atoms with van der Waals surface area (Å²) >= 11 is 12.2. The van der Waals surface area contributed by atoms with Gasteiger partial charge < -0.3 is 24.4 Å². The van der Waals surface area contributed by atoms with E-state index in [9.17, 15) is 19.6 Å². The minimum absolute atomic E-state index is 0.122. The Labute approximate surface area is 382 Å². The summed E-state index contributed by atoms with van der Waals surface area (Å²) in [6, 6.07) is 42.2. The van der Waals surface area contributed by atoms with E-state index in [-0.39, 0.29) is 24.3 Å². The fourth-order valence-electron chi connectivity index (χ4n) is 8.51. The molecule has 0 aromatic heterocycles. The molecule has 2 amide bonds. The number of nitriles is 1. The molecule has 2 aliphatic rings. The molecule has 0 spiro atoms. The second kappa shape index (κ2) is 19.4. The van der Waals surface area contributed by atoms with Gasteiger partial charge in [0.15, 0.2) is 0 Å². The summed E-state index contributed by atoms with van der Waals surface area (Å²) in [6.07, 6.45) is 0.398. The Morgan fingerprint density at radius 3 is 2.20 bits per heavy atom. The van der Waals surface area contributed by atoms with Crippen LogP contribution in [0.25, 0.3) is 11.1 Å². The van der Waals surface area contributed by atoms with Gasteiger partial charge in [-0.25, -0.2) is 4.79 Å². The second-order valence-corrected chi connectivity index (χ2v) is 16.8. The predicted octanol–water partition coefficient (Wildman–Crippen LogP) is 9.99. The fourth-order valence-corrected chi connectivity index (χ4v) is 8.84. The van der Waals surface area contributed by atoms with Crippen molar-refractivity contribution in [1.82, 2.24) is 10.2 Å². The molecule has 2 heterocycles. The Morgan fingerprint density at radius 2 is 1.55 bits per heavy atom. The molecule has 1 unspecified atom stereocenters. The summed E-state index contributed by atoms with van der Waals surface area (Å²) in [4.78, 5) is 45.7. The monoisotopic (exact) mass is 892 g/mol. The Bertz CT molecular complexity index is 2710. The van der Waals surface area contributed by atoms with Crippen LogP contribution < -0.4 is 19.7 Å². The molecule has 0 saturated heterocycles. The number of anilines is 1. The normalized spacial score (nSPS) is 16.6. The minimum Gasteiger partial charge on any atom is -0.489 e. The number of methoxy groups -OCH3 is 1. The standard InChI is InChI=1S/C52H46Cl2N4O6/c1-4-45(37-8-6-5-7-9-37)58-30-40-28-48-46(57(2)51(60)49(64-48)38-19-21-41(22-20-38)63-31-34-14-23-42(53)43(54)24-34)26-39(40)27-47(58)50(59)56-44(52(61)62-3)25-32-10-15-35(16-11-32)36-17-12-33(29-55)13-18-36/h5-24,26,28,44-45,47,49H,4,25,27,30-31H2,1-3H3,(H,56,59)/t44?,45-,47-,49-/m0/s1. The van der Waals surface area contributed by atoms with Gasteiger partial charge in [-0.2, -0.15) is 5.26 Å². The van der Waals surface area contributed by atoms with Crippen LogP contribution in [0, 0.1) is 11.3 Å². The first-order valence-corrected chi connectivity index (χ1v) is 21.8. The molecule has 12 heteroatoms. The predicted molar refractivity (Wildman–Crippen MR) is 247 cm³/mol. The van der Waals surface area contributed by atoms with Crippen molar-refractivity contribution < 1.29 is 28.6 Å². The maximum absolute atomic E-state index is 14.7. The summed E-state index contributed by atoms with van der Waals surface area (Å²) in [5, 5.41) is 13.2. The van der Waals surface area contributed by atoms with Crippen LogP contribution in [0.2, 0.25) is 10.0 Å². The smallest absolute Gasteiger partial charge is 0.328 e. The SMILES string of the molecule is CC[C@@H](c1ccccc1)N1Cc2cc3c(cc2C[C@H]1C(=O)NC(Cc1ccc(-c2ccc(C#N)cc2)cc1)C(=O)OC)N(C)C(=O)[C@H](c1ccc(OCc2ccc(Cl)c(Cl)c2)cc1)O3. The maximum atomic E-state index is 14.7. The van der Waals surface area contributed by atoms with Gasteiger partial charge in [-0.3, -0.25) is 14.5 Å². The Hall–Kier alpha value is -6.64. The van der Waals surface area contributed by atoms with Crippen molar-refractivity contribution in [3.63, 3.8) is 0 Å². The lowest BCUT2D eigenvalue weighted by Gasteiger charge is -2.42. The molecule has 0 radical (unpaired) electrons. The molecule has 1 N–H and O–H groups in total. The topological polar surface area (TPSA) is 121 Å². The second-order valence-electron chi connectivity index (χ2n) is 16.0. The van der Waals surface area contributed by atoms with Crippen LogP contribution in [0.1, 0.15) is 64.4 Å². The summed E-state index contributed by atoms with van der Waals surface area (Å²) < 4.78 is 17.7. The molecule has 2 aliphatic heterocycles. The van der Waals surface area contributed by atoms with Crippen LogP contribution in [0.4, 0.5) is 5.69 Å². The summed E-state index contributed by atoms with van der Waals surface area (Å²) in [6.45, 7) is 2.82. The van der Waals surface area contributed by atoms with Gasteiger partial charge in [0, 0.05) is 31.6 Å². The number of rotatable bonds is 13. The number of likely N-dealkylation sites (N-methyl/N-ethyl adjacent to an activating group) is 1. The summed E-state index contributed by atoms with van der Waals surface area (Å²) in [7, 11) is 3.05. The molecular weight excluding hydrogens is 847 g/mol. The quantitative estimate of drug-likeness (QED) is 0.114. The number of benzene rings is 6. The number of ether oxygens (including phenoxy) is 3. The average molecular weight is 894 g/mol. The Balaban J connectivity index is 1.03. The van der Waals surface area contributed by atoms with Crippen LogP contribution in [0.15, 0.2) is 133 Å². The number of hydrogen-bond donors (Lipinski definition) is 1. The van der Waals surface area contributed by atoms with Gasteiger partial charge in [0.2, 0.25) is 12.0 Å². The van der Waals surface area contributed by atoms with E-state index in [0.717, 1.165) is 45.4 Å². The number of halogens is 2. The number of amides is 2. The van der Waals surface area contributed by atoms with Gasteiger partial charge in [-0.1, -0.05) is 115 Å². The zero-order valence-electron chi connectivity index (χ0n) is 35.6. The molecule has 64 heavy (non-hydrogen) atoms. The van der Waals surface area contributed by atoms with Gasteiger partial charge in [0.25, 0.3) is 5.91 Å². The van der Waals surface area contributed by atoms with Gasteiger partial charge in [0.1, 0.15) is 24.1 Å². The van der Waals surface area contributed by atoms with Crippen molar-refractivity contribution in [2.45, 2.75) is 63.6 Å². The first-order chi connectivity index (χ1) is 31.0. The third kappa shape index (κ3) is 9.48. The molecule has 6 aromatic rings. The highest BCUT2D eigenvalue weighted by atomic mass is 35.5. The fraction of sp³-hybridized carbons (Fsp3) is 0.231. The number of hydrogen-bond acceptors (Lipinski definition) is 8. The summed E-state index contributed by atoms with van der Waals surface area (Å²) in [5.74, 6) is 0.111. The molecule has 324 valence electrons. The van der Waals surface area contributed by atoms with Gasteiger partial charge >= 0.3 is 5.97 Å². The third-order valence-electron chi connectivity index (χ3n) is 12.0. The van der Waals surface area contributed by atoms with E-state index >= 15 is 0 Å². The highest BCUT2D eigenvalue weighted by Gasteiger charge is 2.40. The van der Waals surface area contributed by atoms with E-state index in [1.54, 1.807) is 36.2 Å². The first-order valence-electron chi connectivity index (χ1n) is 21.1. The van der Waals surface area contributed by atoms with Crippen LogP contribution in [-0.2, 0) is 45.1 Å². The number of esters is 1. The molecule has 0 aliphatic carbocycles. The lowest BCUT2D eigenvalue weighted by Crippen LogP contribution is -2.55. The number of fused-ring (bicyclic) bond motifs is 2. The van der Waals surface area contributed by atoms with Crippen LogP contribution in [0.5, 0.6) is 11.5 Å². The van der Waals surface area contributed by atoms with Crippen molar-refractivity contribution in [2.24, 2.45) is 0 Å². The van der Waals surface area contributed by atoms with E-state index in [4.69, 9.17) is 37.4 Å². The average Bonchev–Trinajstić information content (AvgIpc) is 3.33. The molecular formula is C52H46Cl2N4O6. The highest BCUT2D eigenvalue weighted by molar-refractivity contribution is 6.42. The molecule has 0 bridgehead atoms. The number of carbonyl (C=O) groups is 3. The molecule has 4 atom stereocenters. The molecule has 10 nitrogen and oxygen atoms in total. The molecule has 0 saturated carbocycles. The first kappa shape index (κ1) is 44.0. The van der Waals surface area contributed by atoms with Gasteiger partial charge in [-0.05, 0) is 100 Å². The third-order valence-corrected chi connectivity index (χ3v) is 12.7. The van der Waals surface area contributed by atoms with E-state index in [0.29, 0.717) is 57.9 Å². The van der Waals surface area contributed by atoms with Crippen molar-refractivity contribution in [3.8, 4) is 28.7 Å². The van der Waals surface area contributed by atoms with E-state index in [1.807, 2.05) is 97.1 Å². The largest absolute Gasteiger partial charge is 0.489 e. The molecule has 8 rings (SSSR count). The highest BCUT2D eigenvalue weighted by Crippen LogP contribution is 2.43. The number of nitrogens with one attached hydrogen (secondary N) is 1. The van der Waals surface area contributed by atoms with Crippen LogP contribution in [-0.4, -0.2) is 48.9 Å². The lowest BCUT2D eigenvalue weighted by atomic mass is 9.88. The Kier molecular flexibility index (Phi) is 13.3. The van der Waals surface area contributed by atoms with E-state index < -0.39 is 24.2 Å². The van der Waals surface area contributed by atoms with Crippen molar-refractivity contribution in [2.75, 3.05) is 19.1 Å². The maximum Gasteiger partial charge on any atom is 0.328 e. The van der Waals surface area contributed by atoms with Crippen LogP contribution in [0.3, 0.4) is 0 Å². The van der Waals surface area contributed by atoms with E-state index in [1.165, 1.54) is 7.11 Å². The summed E-state index contributed by atoms with van der Waals surface area (Å²) in [5.41, 5.74) is 8.48. The lowest BCUT2D eigenvalue weighted by molar-refractivity contribution is -0.146. The molecule has 6 aromatic carbocycles. The molecule has 0 fully saturated rings. The van der Waals surface area contributed by atoms with Gasteiger partial charge in [0.05, 0.1) is 40.5 Å². The van der Waals surface area contributed by atoms with Crippen molar-refractivity contribution in [1.29, 1.82) is 5.26 Å². The van der Waals surface area contributed by atoms with E-state index in [2.05, 4.69) is 35.3 Å². The van der Waals surface area contributed by atoms with Crippen LogP contribution >= 0.6 is 23.2 Å². The van der Waals surface area contributed by atoms with Crippen molar-refractivity contribution in [3.05, 3.63) is 182 Å². The Morgan fingerprint density at radius 1 is 0.859 bits per heavy atom. The number of carbonyl (C=O) groups excluding carboxylic acids is 3.